The van der Waals surface area contributed by atoms with E-state index in [1.165, 1.54) is 16.9 Å². The lowest BCUT2D eigenvalue weighted by Gasteiger charge is -2.07. The number of hydrogen-bond donors (Lipinski definition) is 2. The summed E-state index contributed by atoms with van der Waals surface area (Å²) in [7, 11) is 1.63. The number of nitrogens with one attached hydrogen (secondary N) is 2. The zero-order valence-corrected chi connectivity index (χ0v) is 16.5. The molecule has 0 spiro atoms. The fourth-order valence-corrected chi connectivity index (χ4v) is 3.28. The van der Waals surface area contributed by atoms with Crippen molar-refractivity contribution in [2.45, 2.75) is 26.3 Å². The fraction of sp³-hybridized carbons (Fsp3) is 0.238. The summed E-state index contributed by atoms with van der Waals surface area (Å²) in [6, 6.07) is 15.7. The van der Waals surface area contributed by atoms with E-state index >= 15 is 0 Å². The van der Waals surface area contributed by atoms with Crippen molar-refractivity contribution >= 4 is 22.5 Å². The van der Waals surface area contributed by atoms with Gasteiger partial charge in [-0.15, -0.1) is 11.3 Å². The molecule has 0 saturated carbocycles. The molecule has 5 nitrogen and oxygen atoms in total. The van der Waals surface area contributed by atoms with Gasteiger partial charge in [0.05, 0.1) is 12.8 Å². The number of rotatable bonds is 6. The molecule has 2 amide bonds. The summed E-state index contributed by atoms with van der Waals surface area (Å²) in [5.41, 5.74) is 4.20. The second-order valence-electron chi connectivity index (χ2n) is 6.47. The first-order valence-electron chi connectivity index (χ1n) is 8.79. The van der Waals surface area contributed by atoms with Crippen LogP contribution in [-0.2, 0) is 6.54 Å². The Kier molecular flexibility index (Phi) is 6.08. The predicted octanol–water partition coefficient (Wildman–Crippen LogP) is 5.26. The number of thiazole rings is 1. The monoisotopic (exact) mass is 381 g/mol. The number of hydrogen-bond acceptors (Lipinski definition) is 4. The third-order valence-electron chi connectivity index (χ3n) is 4.21. The minimum absolute atomic E-state index is 0.276. The topological polar surface area (TPSA) is 63.2 Å². The highest BCUT2D eigenvalue weighted by Gasteiger charge is 2.08. The molecule has 0 bridgehead atoms. The number of carbonyl (C=O) groups is 1. The molecule has 3 aromatic rings. The van der Waals surface area contributed by atoms with Gasteiger partial charge in [-0.2, -0.15) is 0 Å². The molecule has 0 aliphatic rings. The van der Waals surface area contributed by atoms with Crippen molar-refractivity contribution in [3.63, 3.8) is 0 Å². The number of amides is 2. The molecule has 1 heterocycles. The second kappa shape index (κ2) is 8.68. The van der Waals surface area contributed by atoms with Crippen molar-refractivity contribution in [1.29, 1.82) is 0 Å². The summed E-state index contributed by atoms with van der Waals surface area (Å²) in [6.07, 6.45) is 0. The van der Waals surface area contributed by atoms with Crippen LogP contribution in [0.3, 0.4) is 0 Å². The van der Waals surface area contributed by atoms with E-state index in [9.17, 15) is 4.79 Å². The standard InChI is InChI=1S/C21H23N3O2S/c1-14(2)16-6-8-17(9-7-16)19-13-27-21(23-19)24-20(25)22-12-15-4-10-18(26-3)11-5-15/h4-11,13-14H,12H2,1-3H3,(H2,22,23,24,25). The van der Waals surface area contributed by atoms with Crippen LogP contribution in [-0.4, -0.2) is 18.1 Å². The van der Waals surface area contributed by atoms with Gasteiger partial charge in [-0.25, -0.2) is 9.78 Å². The van der Waals surface area contributed by atoms with E-state index in [1.807, 2.05) is 29.6 Å². The number of methoxy groups -OCH3 is 1. The first-order chi connectivity index (χ1) is 13.0. The van der Waals surface area contributed by atoms with Gasteiger partial charge in [0.1, 0.15) is 5.75 Å². The van der Waals surface area contributed by atoms with E-state index in [0.29, 0.717) is 17.6 Å². The quantitative estimate of drug-likeness (QED) is 0.612. The summed E-state index contributed by atoms with van der Waals surface area (Å²) in [4.78, 5) is 16.6. The fourth-order valence-electron chi connectivity index (χ4n) is 2.57. The third-order valence-corrected chi connectivity index (χ3v) is 4.97. The number of urea groups is 1. The van der Waals surface area contributed by atoms with E-state index in [1.54, 1.807) is 7.11 Å². The van der Waals surface area contributed by atoms with E-state index in [-0.39, 0.29) is 6.03 Å². The number of nitrogens with zero attached hydrogens (tertiary/aromatic N) is 1. The van der Waals surface area contributed by atoms with Gasteiger partial charge < -0.3 is 10.1 Å². The van der Waals surface area contributed by atoms with Gasteiger partial charge in [-0.3, -0.25) is 5.32 Å². The molecule has 0 fully saturated rings. The smallest absolute Gasteiger partial charge is 0.321 e. The number of anilines is 1. The van der Waals surface area contributed by atoms with Gasteiger partial charge in [-0.05, 0) is 29.2 Å². The summed E-state index contributed by atoms with van der Waals surface area (Å²) < 4.78 is 5.12. The molecule has 0 aliphatic heterocycles. The van der Waals surface area contributed by atoms with Crippen LogP contribution in [0.15, 0.2) is 53.9 Å². The van der Waals surface area contributed by atoms with Crippen LogP contribution >= 0.6 is 11.3 Å². The first-order valence-corrected chi connectivity index (χ1v) is 9.67. The Labute approximate surface area is 163 Å². The average molecular weight is 382 g/mol. The Morgan fingerprint density at radius 1 is 1.11 bits per heavy atom. The van der Waals surface area contributed by atoms with Gasteiger partial charge in [0.15, 0.2) is 5.13 Å². The minimum atomic E-state index is -0.276. The zero-order chi connectivity index (χ0) is 19.2. The Bertz CT molecular complexity index is 887. The molecule has 0 saturated heterocycles. The average Bonchev–Trinajstić information content (AvgIpc) is 3.15. The lowest BCUT2D eigenvalue weighted by Crippen LogP contribution is -2.28. The number of benzene rings is 2. The largest absolute Gasteiger partial charge is 0.497 e. The lowest BCUT2D eigenvalue weighted by atomic mass is 10.0. The predicted molar refractivity (Wildman–Crippen MR) is 110 cm³/mol. The van der Waals surface area contributed by atoms with Crippen LogP contribution in [0.25, 0.3) is 11.3 Å². The normalized spacial score (nSPS) is 10.7. The molecule has 0 unspecified atom stereocenters. The molecule has 6 heteroatoms. The van der Waals surface area contributed by atoms with Crippen molar-refractivity contribution in [1.82, 2.24) is 10.3 Å². The van der Waals surface area contributed by atoms with E-state index in [0.717, 1.165) is 22.6 Å². The van der Waals surface area contributed by atoms with E-state index in [4.69, 9.17) is 4.74 Å². The highest BCUT2D eigenvalue weighted by Crippen LogP contribution is 2.26. The Morgan fingerprint density at radius 2 is 1.81 bits per heavy atom. The molecule has 0 atom stereocenters. The number of ether oxygens (including phenoxy) is 1. The maximum absolute atomic E-state index is 12.1. The third kappa shape index (κ3) is 5.08. The van der Waals surface area contributed by atoms with Crippen LogP contribution in [0.5, 0.6) is 5.75 Å². The molecular weight excluding hydrogens is 358 g/mol. The molecule has 140 valence electrons. The highest BCUT2D eigenvalue weighted by atomic mass is 32.1. The summed E-state index contributed by atoms with van der Waals surface area (Å²) in [5.74, 6) is 1.29. The summed E-state index contributed by atoms with van der Waals surface area (Å²) in [6.45, 7) is 4.78. The second-order valence-corrected chi connectivity index (χ2v) is 7.33. The Balaban J connectivity index is 1.55. The van der Waals surface area contributed by atoms with Gasteiger partial charge in [0.25, 0.3) is 0 Å². The maximum atomic E-state index is 12.1. The van der Waals surface area contributed by atoms with Crippen molar-refractivity contribution in [2.75, 3.05) is 12.4 Å². The van der Waals surface area contributed by atoms with Gasteiger partial charge in [0, 0.05) is 17.5 Å². The van der Waals surface area contributed by atoms with Gasteiger partial charge in [-0.1, -0.05) is 50.2 Å². The minimum Gasteiger partial charge on any atom is -0.497 e. The summed E-state index contributed by atoms with van der Waals surface area (Å²) in [5, 5.41) is 8.14. The molecule has 0 aliphatic carbocycles. The maximum Gasteiger partial charge on any atom is 0.321 e. The molecule has 0 radical (unpaired) electrons. The molecule has 27 heavy (non-hydrogen) atoms. The van der Waals surface area contributed by atoms with Crippen molar-refractivity contribution < 1.29 is 9.53 Å². The molecule has 1 aromatic heterocycles. The van der Waals surface area contributed by atoms with Crippen LogP contribution in [0.1, 0.15) is 30.9 Å². The van der Waals surface area contributed by atoms with Crippen molar-refractivity contribution in [3.8, 4) is 17.0 Å². The summed E-state index contributed by atoms with van der Waals surface area (Å²) >= 11 is 1.41. The van der Waals surface area contributed by atoms with Crippen LogP contribution in [0.2, 0.25) is 0 Å². The molecule has 2 N–H and O–H groups in total. The van der Waals surface area contributed by atoms with Crippen LogP contribution in [0, 0.1) is 0 Å². The Hall–Kier alpha value is -2.86. The Morgan fingerprint density at radius 3 is 2.44 bits per heavy atom. The highest BCUT2D eigenvalue weighted by molar-refractivity contribution is 7.14. The van der Waals surface area contributed by atoms with E-state index < -0.39 is 0 Å². The number of carbonyl (C=O) groups excluding carboxylic acids is 1. The van der Waals surface area contributed by atoms with Crippen LogP contribution in [0.4, 0.5) is 9.93 Å². The van der Waals surface area contributed by atoms with Gasteiger partial charge in [0.2, 0.25) is 0 Å². The van der Waals surface area contributed by atoms with Gasteiger partial charge >= 0.3 is 6.03 Å². The molecular formula is C21H23N3O2S. The van der Waals surface area contributed by atoms with Crippen molar-refractivity contribution in [3.05, 3.63) is 65.0 Å². The number of aromatic nitrogens is 1. The SMILES string of the molecule is COc1ccc(CNC(=O)Nc2nc(-c3ccc(C(C)C)cc3)cs2)cc1. The molecule has 3 rings (SSSR count). The lowest BCUT2D eigenvalue weighted by molar-refractivity contribution is 0.251. The molecule has 2 aromatic carbocycles. The van der Waals surface area contributed by atoms with E-state index in [2.05, 4.69) is 53.7 Å². The first kappa shape index (κ1) is 18.9. The van der Waals surface area contributed by atoms with Crippen LogP contribution < -0.4 is 15.4 Å². The zero-order valence-electron chi connectivity index (χ0n) is 15.7. The van der Waals surface area contributed by atoms with Crippen molar-refractivity contribution in [2.24, 2.45) is 0 Å².